The fourth-order valence-electron chi connectivity index (χ4n) is 1.76. The monoisotopic (exact) mass is 332 g/mol. The first-order chi connectivity index (χ1) is 9.81. The number of rotatable bonds is 7. The Balaban J connectivity index is 2.59. The van der Waals surface area contributed by atoms with Gasteiger partial charge in [-0.15, -0.1) is 0 Å². The molecule has 1 rings (SSSR count). The fourth-order valence-corrected chi connectivity index (χ4v) is 2.25. The number of carbonyl (C=O) groups excluding carboxylic acids is 1. The number of carboxylic acid groups (broad SMARTS) is 1. The van der Waals surface area contributed by atoms with Crippen molar-refractivity contribution in [3.05, 3.63) is 28.2 Å². The van der Waals surface area contributed by atoms with Crippen LogP contribution in [0.5, 0.6) is 0 Å². The Hall–Kier alpha value is -1.30. The normalized spacial score (nSPS) is 11.0. The second-order valence-corrected chi connectivity index (χ2v) is 5.67. The molecule has 2 N–H and O–H groups in total. The molecule has 0 aliphatic rings. The number of carboxylic acids is 1. The van der Waals surface area contributed by atoms with Crippen molar-refractivity contribution < 1.29 is 14.7 Å². The maximum absolute atomic E-state index is 11.9. The van der Waals surface area contributed by atoms with Gasteiger partial charge in [0.2, 0.25) is 5.91 Å². The van der Waals surface area contributed by atoms with E-state index in [1.165, 1.54) is 0 Å². The highest BCUT2D eigenvalue weighted by Crippen LogP contribution is 2.29. The maximum atomic E-state index is 11.9. The van der Waals surface area contributed by atoms with Crippen LogP contribution in [-0.2, 0) is 9.59 Å². The van der Waals surface area contributed by atoms with Gasteiger partial charge in [-0.25, -0.2) is 0 Å². The number of nitrogens with one attached hydrogen (secondary N) is 1. The number of benzene rings is 1. The predicted molar refractivity (Wildman–Crippen MR) is 84.1 cm³/mol. The zero-order valence-electron chi connectivity index (χ0n) is 11.9. The van der Waals surface area contributed by atoms with Crippen LogP contribution in [0, 0.1) is 0 Å². The molecule has 5 nitrogen and oxygen atoms in total. The molecule has 1 aromatic carbocycles. The number of para-hydroxylation sites is 1. The van der Waals surface area contributed by atoms with Crippen molar-refractivity contribution >= 4 is 40.8 Å². The average Bonchev–Trinajstić information content (AvgIpc) is 2.38. The van der Waals surface area contributed by atoms with Crippen LogP contribution in [-0.4, -0.2) is 41.0 Å². The first-order valence-corrected chi connectivity index (χ1v) is 7.26. The number of halogens is 2. The largest absolute Gasteiger partial charge is 0.480 e. The molecule has 7 heteroatoms. The van der Waals surface area contributed by atoms with Crippen molar-refractivity contribution in [3.63, 3.8) is 0 Å². The number of hydrogen-bond acceptors (Lipinski definition) is 3. The number of hydrogen-bond donors (Lipinski definition) is 2. The highest BCUT2D eigenvalue weighted by molar-refractivity contribution is 6.39. The number of amides is 1. The van der Waals surface area contributed by atoms with E-state index in [4.69, 9.17) is 28.3 Å². The molecule has 0 fully saturated rings. The summed E-state index contributed by atoms with van der Waals surface area (Å²) in [7, 11) is 0. The van der Waals surface area contributed by atoms with E-state index in [-0.39, 0.29) is 24.9 Å². The molecule has 0 unspecified atom stereocenters. The fraction of sp³-hybridized carbons (Fsp3) is 0.429. The van der Waals surface area contributed by atoms with Gasteiger partial charge in [-0.05, 0) is 26.0 Å². The maximum Gasteiger partial charge on any atom is 0.317 e. The van der Waals surface area contributed by atoms with E-state index in [1.807, 2.05) is 13.8 Å². The quantitative estimate of drug-likeness (QED) is 0.804. The summed E-state index contributed by atoms with van der Waals surface area (Å²) in [6.07, 6.45) is 0.160. The molecule has 0 aromatic heterocycles. The molecule has 0 spiro atoms. The lowest BCUT2D eigenvalue weighted by Crippen LogP contribution is -2.37. The second kappa shape index (κ2) is 8.22. The van der Waals surface area contributed by atoms with E-state index >= 15 is 0 Å². The van der Waals surface area contributed by atoms with Crippen molar-refractivity contribution in [3.8, 4) is 0 Å². The molecule has 116 valence electrons. The van der Waals surface area contributed by atoms with Crippen LogP contribution >= 0.6 is 23.2 Å². The smallest absolute Gasteiger partial charge is 0.317 e. The minimum atomic E-state index is -0.918. The highest BCUT2D eigenvalue weighted by Gasteiger charge is 2.16. The van der Waals surface area contributed by atoms with Crippen LogP contribution in [0.2, 0.25) is 10.0 Å². The molecule has 0 heterocycles. The van der Waals surface area contributed by atoms with Gasteiger partial charge in [-0.2, -0.15) is 0 Å². The van der Waals surface area contributed by atoms with Crippen molar-refractivity contribution in [1.82, 2.24) is 4.90 Å². The van der Waals surface area contributed by atoms with Crippen molar-refractivity contribution in [2.75, 3.05) is 18.4 Å². The van der Waals surface area contributed by atoms with Gasteiger partial charge in [0.25, 0.3) is 0 Å². The molecule has 0 saturated heterocycles. The highest BCUT2D eigenvalue weighted by atomic mass is 35.5. The van der Waals surface area contributed by atoms with Gasteiger partial charge in [0, 0.05) is 19.0 Å². The van der Waals surface area contributed by atoms with Crippen molar-refractivity contribution in [1.29, 1.82) is 0 Å². The summed E-state index contributed by atoms with van der Waals surface area (Å²) in [5.74, 6) is -1.18. The number of nitrogens with zero attached hydrogens (tertiary/aromatic N) is 1. The molecule has 0 radical (unpaired) electrons. The summed E-state index contributed by atoms with van der Waals surface area (Å²) < 4.78 is 0. The summed E-state index contributed by atoms with van der Waals surface area (Å²) in [4.78, 5) is 24.4. The minimum absolute atomic E-state index is 0.0396. The molecule has 0 bridgehead atoms. The Morgan fingerprint density at radius 2 is 1.86 bits per heavy atom. The van der Waals surface area contributed by atoms with Gasteiger partial charge in [-0.3, -0.25) is 14.5 Å². The van der Waals surface area contributed by atoms with Gasteiger partial charge in [0.15, 0.2) is 0 Å². The van der Waals surface area contributed by atoms with E-state index < -0.39 is 5.97 Å². The topological polar surface area (TPSA) is 69.6 Å². The second-order valence-electron chi connectivity index (χ2n) is 4.85. The van der Waals surface area contributed by atoms with Gasteiger partial charge >= 0.3 is 5.97 Å². The molecule has 0 saturated carbocycles. The summed E-state index contributed by atoms with van der Waals surface area (Å²) in [5.41, 5.74) is 0.375. The molecule has 0 atom stereocenters. The minimum Gasteiger partial charge on any atom is -0.480 e. The number of anilines is 1. The third-order valence-electron chi connectivity index (χ3n) is 2.92. The molecule has 21 heavy (non-hydrogen) atoms. The van der Waals surface area contributed by atoms with E-state index in [1.54, 1.807) is 23.1 Å². The lowest BCUT2D eigenvalue weighted by Gasteiger charge is -2.24. The summed E-state index contributed by atoms with van der Waals surface area (Å²) in [6.45, 7) is 4.01. The standard InChI is InChI=1S/C14H18Cl2N2O3/c1-9(2)18(8-13(20)21)7-6-12(19)17-14-10(15)4-3-5-11(14)16/h3-5,9H,6-8H2,1-2H3,(H,17,19)(H,20,21). The Kier molecular flexibility index (Phi) is 6.95. The lowest BCUT2D eigenvalue weighted by atomic mass is 10.2. The van der Waals surface area contributed by atoms with Gasteiger partial charge < -0.3 is 10.4 Å². The van der Waals surface area contributed by atoms with Gasteiger partial charge in [0.1, 0.15) is 0 Å². The molecule has 1 aromatic rings. The molecule has 0 aliphatic carbocycles. The number of aliphatic carboxylic acids is 1. The Labute approximate surface area is 133 Å². The Bertz CT molecular complexity index is 501. The van der Waals surface area contributed by atoms with Crippen LogP contribution in [0.25, 0.3) is 0 Å². The first kappa shape index (κ1) is 17.8. The summed E-state index contributed by atoms with van der Waals surface area (Å²) in [6, 6.07) is 4.99. The van der Waals surface area contributed by atoms with Crippen LogP contribution in [0.15, 0.2) is 18.2 Å². The zero-order chi connectivity index (χ0) is 16.0. The zero-order valence-corrected chi connectivity index (χ0v) is 13.4. The SMILES string of the molecule is CC(C)N(CCC(=O)Nc1c(Cl)cccc1Cl)CC(=O)O. The summed E-state index contributed by atoms with van der Waals surface area (Å²) in [5, 5.41) is 12.2. The summed E-state index contributed by atoms with van der Waals surface area (Å²) >= 11 is 11.9. The Morgan fingerprint density at radius 3 is 2.33 bits per heavy atom. The molecule has 0 aliphatic heterocycles. The third-order valence-corrected chi connectivity index (χ3v) is 3.55. The van der Waals surface area contributed by atoms with E-state index in [0.717, 1.165) is 0 Å². The van der Waals surface area contributed by atoms with E-state index in [9.17, 15) is 9.59 Å². The molecule has 1 amide bonds. The van der Waals surface area contributed by atoms with Crippen molar-refractivity contribution in [2.24, 2.45) is 0 Å². The van der Waals surface area contributed by atoms with Crippen LogP contribution in [0.4, 0.5) is 5.69 Å². The number of carbonyl (C=O) groups is 2. The van der Waals surface area contributed by atoms with Crippen LogP contribution < -0.4 is 5.32 Å². The van der Waals surface area contributed by atoms with Crippen LogP contribution in [0.3, 0.4) is 0 Å². The van der Waals surface area contributed by atoms with Gasteiger partial charge in [0.05, 0.1) is 22.3 Å². The van der Waals surface area contributed by atoms with Gasteiger partial charge in [-0.1, -0.05) is 29.3 Å². The lowest BCUT2D eigenvalue weighted by molar-refractivity contribution is -0.139. The predicted octanol–water partition coefficient (Wildman–Crippen LogP) is 3.12. The first-order valence-electron chi connectivity index (χ1n) is 6.51. The third kappa shape index (κ3) is 5.91. The molecular weight excluding hydrogens is 315 g/mol. The Morgan fingerprint density at radius 1 is 1.29 bits per heavy atom. The van der Waals surface area contributed by atoms with E-state index in [2.05, 4.69) is 5.32 Å². The average molecular weight is 333 g/mol. The van der Waals surface area contributed by atoms with Crippen molar-refractivity contribution in [2.45, 2.75) is 26.3 Å². The van der Waals surface area contributed by atoms with Crippen LogP contribution in [0.1, 0.15) is 20.3 Å². The molecular formula is C14H18Cl2N2O3. The van der Waals surface area contributed by atoms with E-state index in [0.29, 0.717) is 22.3 Å².